The molecule has 1 aliphatic rings. The molecule has 0 aliphatic carbocycles. The fraction of sp³-hybridized carbons (Fsp3) is 0.600. The minimum Gasteiger partial charge on any atom is -0.478 e. The first-order chi connectivity index (χ1) is 9.02. The molecule has 0 radical (unpaired) electrons. The maximum atomic E-state index is 11.5. The average Bonchev–Trinajstić information content (AvgIpc) is 2.76. The lowest BCUT2D eigenvalue weighted by Gasteiger charge is -2.22. The highest BCUT2D eigenvalue weighted by Gasteiger charge is 2.26. The molecule has 1 aliphatic heterocycles. The first kappa shape index (κ1) is 13.8. The quantitative estimate of drug-likeness (QED) is 0.906. The maximum absolute atomic E-state index is 11.5. The van der Waals surface area contributed by atoms with Crippen molar-refractivity contribution in [3.8, 4) is 0 Å². The molecule has 0 amide bonds. The van der Waals surface area contributed by atoms with Crippen LogP contribution >= 0.6 is 0 Å². The third-order valence-corrected chi connectivity index (χ3v) is 3.84. The number of carbonyl (C=O) groups is 1. The molecule has 4 nitrogen and oxygen atoms in total. The van der Waals surface area contributed by atoms with Gasteiger partial charge in [0.2, 0.25) is 0 Å². The fourth-order valence-electron chi connectivity index (χ4n) is 3.02. The number of carboxylic acids is 1. The third-order valence-electron chi connectivity index (χ3n) is 3.84. The highest BCUT2D eigenvalue weighted by Crippen LogP contribution is 2.30. The van der Waals surface area contributed by atoms with Crippen LogP contribution in [0.3, 0.4) is 0 Å². The molecule has 1 unspecified atom stereocenters. The smallest absolute Gasteiger partial charge is 0.339 e. The summed E-state index contributed by atoms with van der Waals surface area (Å²) in [6.07, 6.45) is 3.58. The monoisotopic (exact) mass is 262 g/mol. The Hall–Kier alpha value is -1.58. The number of hydrogen-bond donors (Lipinski definition) is 1. The standard InChI is InChI=1S/C15H22N2O2/c1-4-5-12-6-7-17(9-12)13-8-10(2)16-11(3)14(13)15(18)19/h8,12H,4-7,9H2,1-3H3,(H,18,19). The van der Waals surface area contributed by atoms with Crippen LogP contribution in [0.1, 0.15) is 47.9 Å². The van der Waals surface area contributed by atoms with Gasteiger partial charge in [0, 0.05) is 18.8 Å². The minimum absolute atomic E-state index is 0.364. The molecule has 1 N–H and O–H groups in total. The zero-order valence-electron chi connectivity index (χ0n) is 11.9. The van der Waals surface area contributed by atoms with Crippen LogP contribution in [0.15, 0.2) is 6.07 Å². The predicted molar refractivity (Wildman–Crippen MR) is 75.9 cm³/mol. The highest BCUT2D eigenvalue weighted by atomic mass is 16.4. The Morgan fingerprint density at radius 1 is 1.53 bits per heavy atom. The van der Waals surface area contributed by atoms with Crippen LogP contribution in [0.5, 0.6) is 0 Å². The summed E-state index contributed by atoms with van der Waals surface area (Å²) in [6, 6.07) is 1.91. The molecule has 1 fully saturated rings. The second kappa shape index (κ2) is 5.59. The largest absolute Gasteiger partial charge is 0.478 e. The molecule has 104 valence electrons. The lowest BCUT2D eigenvalue weighted by molar-refractivity contribution is 0.0696. The lowest BCUT2D eigenvalue weighted by atomic mass is 10.0. The zero-order valence-corrected chi connectivity index (χ0v) is 11.9. The highest BCUT2D eigenvalue weighted by molar-refractivity contribution is 5.95. The number of rotatable bonds is 4. The molecular formula is C15H22N2O2. The van der Waals surface area contributed by atoms with Crippen LogP contribution in [-0.2, 0) is 0 Å². The summed E-state index contributed by atoms with van der Waals surface area (Å²) in [5, 5.41) is 9.40. The van der Waals surface area contributed by atoms with E-state index >= 15 is 0 Å². The van der Waals surface area contributed by atoms with E-state index < -0.39 is 5.97 Å². The molecule has 4 heteroatoms. The summed E-state index contributed by atoms with van der Waals surface area (Å²) >= 11 is 0. The van der Waals surface area contributed by atoms with Crippen molar-refractivity contribution in [3.05, 3.63) is 23.0 Å². The van der Waals surface area contributed by atoms with E-state index in [1.54, 1.807) is 6.92 Å². The van der Waals surface area contributed by atoms with E-state index in [1.165, 1.54) is 12.8 Å². The van der Waals surface area contributed by atoms with E-state index in [0.717, 1.165) is 30.9 Å². The summed E-state index contributed by atoms with van der Waals surface area (Å²) in [4.78, 5) is 17.9. The van der Waals surface area contributed by atoms with Crippen LogP contribution in [0.25, 0.3) is 0 Å². The van der Waals surface area contributed by atoms with Crippen molar-refractivity contribution in [2.24, 2.45) is 5.92 Å². The van der Waals surface area contributed by atoms with Gasteiger partial charge in [-0.15, -0.1) is 0 Å². The molecule has 1 saturated heterocycles. The Kier molecular flexibility index (Phi) is 4.08. The van der Waals surface area contributed by atoms with Crippen molar-refractivity contribution in [2.45, 2.75) is 40.0 Å². The second-order valence-electron chi connectivity index (χ2n) is 5.44. The van der Waals surface area contributed by atoms with Crippen molar-refractivity contribution < 1.29 is 9.90 Å². The number of aromatic nitrogens is 1. The van der Waals surface area contributed by atoms with Gasteiger partial charge in [0.05, 0.1) is 11.4 Å². The summed E-state index contributed by atoms with van der Waals surface area (Å²) < 4.78 is 0. The average molecular weight is 262 g/mol. The van der Waals surface area contributed by atoms with Gasteiger partial charge in [0.1, 0.15) is 5.56 Å². The van der Waals surface area contributed by atoms with Crippen LogP contribution < -0.4 is 4.90 Å². The van der Waals surface area contributed by atoms with Crippen LogP contribution in [-0.4, -0.2) is 29.1 Å². The summed E-state index contributed by atoms with van der Waals surface area (Å²) in [5.74, 6) is -0.181. The van der Waals surface area contributed by atoms with Gasteiger partial charge >= 0.3 is 5.97 Å². The molecule has 2 rings (SSSR count). The van der Waals surface area contributed by atoms with E-state index in [4.69, 9.17) is 0 Å². The molecule has 0 aromatic carbocycles. The molecule has 2 heterocycles. The van der Waals surface area contributed by atoms with Crippen LogP contribution in [0.4, 0.5) is 5.69 Å². The first-order valence-electron chi connectivity index (χ1n) is 6.99. The van der Waals surface area contributed by atoms with Gasteiger partial charge < -0.3 is 10.0 Å². The number of hydrogen-bond acceptors (Lipinski definition) is 3. The molecule has 19 heavy (non-hydrogen) atoms. The molecule has 1 atom stereocenters. The topological polar surface area (TPSA) is 53.4 Å². The number of nitrogens with zero attached hydrogens (tertiary/aromatic N) is 2. The number of carboxylic acid groups (broad SMARTS) is 1. The maximum Gasteiger partial charge on any atom is 0.339 e. The van der Waals surface area contributed by atoms with E-state index in [2.05, 4.69) is 16.8 Å². The Morgan fingerprint density at radius 2 is 2.26 bits per heavy atom. The van der Waals surface area contributed by atoms with Crippen molar-refractivity contribution in [1.82, 2.24) is 4.98 Å². The van der Waals surface area contributed by atoms with E-state index in [0.29, 0.717) is 17.2 Å². The first-order valence-corrected chi connectivity index (χ1v) is 6.99. The second-order valence-corrected chi connectivity index (χ2v) is 5.44. The number of pyridine rings is 1. The summed E-state index contributed by atoms with van der Waals surface area (Å²) in [5.41, 5.74) is 2.71. The van der Waals surface area contributed by atoms with Gasteiger partial charge in [0.25, 0.3) is 0 Å². The fourth-order valence-corrected chi connectivity index (χ4v) is 3.02. The van der Waals surface area contributed by atoms with Crippen LogP contribution in [0.2, 0.25) is 0 Å². The number of anilines is 1. The van der Waals surface area contributed by atoms with E-state index in [9.17, 15) is 9.90 Å². The molecule has 1 aromatic heterocycles. The zero-order chi connectivity index (χ0) is 14.0. The Morgan fingerprint density at radius 3 is 2.89 bits per heavy atom. The van der Waals surface area contributed by atoms with Crippen LogP contribution in [0, 0.1) is 19.8 Å². The van der Waals surface area contributed by atoms with Gasteiger partial charge in [-0.2, -0.15) is 0 Å². The Balaban J connectivity index is 2.32. The molecular weight excluding hydrogens is 240 g/mol. The third kappa shape index (κ3) is 2.88. The van der Waals surface area contributed by atoms with Crippen molar-refractivity contribution in [1.29, 1.82) is 0 Å². The predicted octanol–water partition coefficient (Wildman–Crippen LogP) is 3.02. The van der Waals surface area contributed by atoms with Gasteiger partial charge in [-0.3, -0.25) is 4.98 Å². The Labute approximate surface area is 114 Å². The summed E-state index contributed by atoms with van der Waals surface area (Å²) in [7, 11) is 0. The van der Waals surface area contributed by atoms with Crippen molar-refractivity contribution in [2.75, 3.05) is 18.0 Å². The van der Waals surface area contributed by atoms with Gasteiger partial charge in [-0.25, -0.2) is 4.79 Å². The lowest BCUT2D eigenvalue weighted by Crippen LogP contribution is -2.23. The number of aromatic carboxylic acids is 1. The SMILES string of the molecule is CCCC1CCN(c2cc(C)nc(C)c2C(=O)O)C1. The molecule has 0 bridgehead atoms. The molecule has 1 aromatic rings. The van der Waals surface area contributed by atoms with E-state index in [1.807, 2.05) is 13.0 Å². The molecule has 0 saturated carbocycles. The normalized spacial score (nSPS) is 18.9. The summed E-state index contributed by atoms with van der Waals surface area (Å²) in [6.45, 7) is 7.82. The van der Waals surface area contributed by atoms with E-state index in [-0.39, 0.29) is 0 Å². The Bertz CT molecular complexity index is 485. The minimum atomic E-state index is -0.876. The number of aryl methyl sites for hydroxylation is 2. The molecule has 0 spiro atoms. The van der Waals surface area contributed by atoms with Crippen molar-refractivity contribution >= 4 is 11.7 Å². The van der Waals surface area contributed by atoms with Crippen molar-refractivity contribution in [3.63, 3.8) is 0 Å². The van der Waals surface area contributed by atoms with Gasteiger partial charge in [0.15, 0.2) is 0 Å². The van der Waals surface area contributed by atoms with Gasteiger partial charge in [-0.05, 0) is 38.7 Å². The van der Waals surface area contributed by atoms with Gasteiger partial charge in [-0.1, -0.05) is 13.3 Å².